The van der Waals surface area contributed by atoms with Crippen molar-refractivity contribution >= 4 is 35.4 Å². The summed E-state index contributed by atoms with van der Waals surface area (Å²) < 4.78 is 23.0. The number of hydrogen-bond acceptors (Lipinski definition) is 12. The van der Waals surface area contributed by atoms with E-state index in [1.165, 1.54) is 0 Å². The lowest BCUT2D eigenvalue weighted by atomic mass is 9.66. The van der Waals surface area contributed by atoms with Crippen molar-refractivity contribution in [3.63, 3.8) is 0 Å². The van der Waals surface area contributed by atoms with E-state index in [-0.39, 0.29) is 89.8 Å². The lowest BCUT2D eigenvalue weighted by molar-refractivity contribution is -0.173. The molecule has 6 fully saturated rings. The Morgan fingerprint density at radius 2 is 1.21 bits per heavy atom. The van der Waals surface area contributed by atoms with Gasteiger partial charge in [0.05, 0.1) is 40.8 Å². The van der Waals surface area contributed by atoms with Crippen molar-refractivity contribution in [3.8, 4) is 0 Å². The molecule has 0 spiro atoms. The van der Waals surface area contributed by atoms with Gasteiger partial charge in [0.15, 0.2) is 0 Å². The second-order valence-electron chi connectivity index (χ2n) is 17.1. The number of carbonyl (C=O) groups is 6. The molecular weight excluding hydrogens is 672 g/mol. The highest BCUT2D eigenvalue weighted by atomic mass is 16.6. The van der Waals surface area contributed by atoms with Gasteiger partial charge >= 0.3 is 23.9 Å². The van der Waals surface area contributed by atoms with Gasteiger partial charge in [-0.3, -0.25) is 24.0 Å². The number of rotatable bonds is 5. The Hall–Kier alpha value is -3.12. The van der Waals surface area contributed by atoms with E-state index in [1.54, 1.807) is 54.5 Å². The molecule has 2 heterocycles. The molecule has 0 aromatic rings. The molecule has 0 aromatic carbocycles. The van der Waals surface area contributed by atoms with Gasteiger partial charge in [-0.1, -0.05) is 47.6 Å². The Labute approximate surface area is 306 Å². The Bertz CT molecular complexity index is 1500. The highest BCUT2D eigenvalue weighted by Crippen LogP contribution is 2.58. The smallest absolute Gasteiger partial charge is 0.333 e. The molecule has 0 aromatic heterocycles. The molecule has 4 aliphatic carbocycles. The molecule has 0 radical (unpaired) electrons. The van der Waals surface area contributed by atoms with Crippen LogP contribution in [-0.2, 0) is 47.7 Å². The third-order valence-electron chi connectivity index (χ3n) is 14.1. The van der Waals surface area contributed by atoms with Crippen LogP contribution in [0.5, 0.6) is 0 Å². The van der Waals surface area contributed by atoms with Crippen molar-refractivity contribution in [2.24, 2.45) is 64.1 Å². The summed E-state index contributed by atoms with van der Waals surface area (Å²) in [7, 11) is 0. The van der Waals surface area contributed by atoms with Gasteiger partial charge in [-0.15, -0.1) is 0 Å². The quantitative estimate of drug-likeness (QED) is 0.235. The van der Waals surface area contributed by atoms with E-state index in [0.717, 1.165) is 0 Å². The maximum atomic E-state index is 13.0. The van der Waals surface area contributed by atoms with Crippen LogP contribution in [0.25, 0.3) is 0 Å². The van der Waals surface area contributed by atoms with Crippen LogP contribution in [0.4, 0.5) is 0 Å². The number of Topliss-reactive ketones (excluding diaryl/α,β-unsaturated/α-hetero) is 2. The summed E-state index contributed by atoms with van der Waals surface area (Å²) in [6.07, 6.45) is -0.304. The van der Waals surface area contributed by atoms with Crippen LogP contribution in [0.3, 0.4) is 0 Å². The summed E-state index contributed by atoms with van der Waals surface area (Å²) in [5.74, 6) is -4.27. The third kappa shape index (κ3) is 6.33. The van der Waals surface area contributed by atoms with Gasteiger partial charge in [-0.2, -0.15) is 0 Å². The fourth-order valence-corrected chi connectivity index (χ4v) is 10.8. The van der Waals surface area contributed by atoms with Crippen molar-refractivity contribution in [3.05, 3.63) is 11.6 Å². The van der Waals surface area contributed by atoms with Crippen LogP contribution in [0.15, 0.2) is 11.6 Å². The van der Waals surface area contributed by atoms with E-state index in [0.29, 0.717) is 24.8 Å². The van der Waals surface area contributed by atoms with Gasteiger partial charge in [0.2, 0.25) is 0 Å². The van der Waals surface area contributed by atoms with E-state index in [2.05, 4.69) is 0 Å². The summed E-state index contributed by atoms with van der Waals surface area (Å²) in [6, 6.07) is 0. The molecule has 6 aliphatic rings. The number of hydrogen-bond donors (Lipinski definition) is 2. The first kappa shape index (κ1) is 40.1. The molecule has 2 saturated heterocycles. The first-order valence-electron chi connectivity index (χ1n) is 19.1. The van der Waals surface area contributed by atoms with Gasteiger partial charge in [-0.05, 0) is 58.8 Å². The number of aliphatic hydroxyl groups excluding tert-OH is 2. The van der Waals surface area contributed by atoms with Gasteiger partial charge in [0, 0.05) is 42.1 Å². The highest BCUT2D eigenvalue weighted by molar-refractivity contribution is 5.92. The predicted molar refractivity (Wildman–Crippen MR) is 186 cm³/mol. The normalized spacial score (nSPS) is 45.9. The maximum Gasteiger partial charge on any atom is 0.333 e. The van der Waals surface area contributed by atoms with Crippen molar-refractivity contribution in [2.75, 3.05) is 0 Å². The van der Waals surface area contributed by atoms with E-state index in [9.17, 15) is 39.0 Å². The SMILES string of the molecule is C/C=C(/C)C(=O)OC1C2C(CC(C)C3C(O)CC(=O)C13C)OC(=O)C2C.CCC(C)C(=O)OC1C2C(CC(C)C3C(O)CC(=O)C13C)OC(=O)C2C. The fraction of sp³-hybridized carbons (Fsp3) is 0.800. The Morgan fingerprint density at radius 3 is 1.60 bits per heavy atom. The second-order valence-corrected chi connectivity index (χ2v) is 17.1. The van der Waals surface area contributed by atoms with Crippen LogP contribution in [-0.4, -0.2) is 82.3 Å². The molecule has 12 nitrogen and oxygen atoms in total. The van der Waals surface area contributed by atoms with E-state index in [4.69, 9.17) is 18.9 Å². The van der Waals surface area contributed by atoms with Crippen molar-refractivity contribution in [1.29, 1.82) is 0 Å². The molecule has 4 saturated carbocycles. The number of fused-ring (bicyclic) bond motifs is 4. The Balaban J connectivity index is 0.000000201. The highest BCUT2D eigenvalue weighted by Gasteiger charge is 2.68. The molecule has 2 aliphatic heterocycles. The second kappa shape index (κ2) is 14.6. The van der Waals surface area contributed by atoms with Crippen LogP contribution >= 0.6 is 0 Å². The van der Waals surface area contributed by atoms with Gasteiger partial charge in [-0.25, -0.2) is 4.79 Å². The standard InChI is InChI=1S/C20H30O6.C20H28O6/c2*1-6-9(2)18(23)26-17-15-11(4)19(24)25-13(15)7-10(3)16-12(21)8-14(22)20(16,17)5/h9-13,15-17,21H,6-8H2,1-5H3;6,10-13,15-17,21H,7-8H2,1-5H3/b;9-6-. The summed E-state index contributed by atoms with van der Waals surface area (Å²) in [4.78, 5) is 75.5. The monoisotopic (exact) mass is 730 g/mol. The average Bonchev–Trinajstić information content (AvgIpc) is 3.64. The first-order valence-corrected chi connectivity index (χ1v) is 19.1. The van der Waals surface area contributed by atoms with Crippen LogP contribution in [0, 0.1) is 64.1 Å². The van der Waals surface area contributed by atoms with Gasteiger partial charge in [0.25, 0.3) is 0 Å². The molecule has 17 unspecified atom stereocenters. The Kier molecular flexibility index (Phi) is 11.3. The van der Waals surface area contributed by atoms with Crippen molar-refractivity contribution < 1.29 is 57.9 Å². The van der Waals surface area contributed by atoms with E-state index >= 15 is 0 Å². The zero-order valence-corrected chi connectivity index (χ0v) is 32.3. The van der Waals surface area contributed by atoms with Crippen LogP contribution in [0.2, 0.25) is 0 Å². The lowest BCUT2D eigenvalue weighted by Gasteiger charge is -2.41. The largest absolute Gasteiger partial charge is 0.462 e. The zero-order valence-electron chi connectivity index (χ0n) is 32.3. The van der Waals surface area contributed by atoms with Crippen molar-refractivity contribution in [1.82, 2.24) is 0 Å². The zero-order chi connectivity index (χ0) is 38.8. The molecule has 0 bridgehead atoms. The summed E-state index contributed by atoms with van der Waals surface area (Å²) in [5.41, 5.74) is -1.57. The first-order chi connectivity index (χ1) is 24.2. The van der Waals surface area contributed by atoms with Gasteiger partial charge < -0.3 is 29.2 Å². The number of esters is 4. The number of carbonyl (C=O) groups excluding carboxylic acids is 6. The molecule has 6 rings (SSSR count). The van der Waals surface area contributed by atoms with Gasteiger partial charge in [0.1, 0.15) is 36.0 Å². The third-order valence-corrected chi connectivity index (χ3v) is 14.1. The maximum absolute atomic E-state index is 13.0. The lowest BCUT2D eigenvalue weighted by Crippen LogP contribution is -2.51. The minimum Gasteiger partial charge on any atom is -0.462 e. The van der Waals surface area contributed by atoms with E-state index in [1.807, 2.05) is 20.8 Å². The number of aliphatic hydroxyl groups is 2. The number of ether oxygens (including phenoxy) is 4. The van der Waals surface area contributed by atoms with Crippen LogP contribution in [0.1, 0.15) is 101 Å². The number of ketones is 2. The fourth-order valence-electron chi connectivity index (χ4n) is 10.8. The summed E-state index contributed by atoms with van der Waals surface area (Å²) in [6.45, 7) is 18.2. The summed E-state index contributed by atoms with van der Waals surface area (Å²) >= 11 is 0. The average molecular weight is 731 g/mol. The molecular formula is C40H58O12. The predicted octanol–water partition coefficient (Wildman–Crippen LogP) is 4.16. The minimum absolute atomic E-state index is 0.0145. The summed E-state index contributed by atoms with van der Waals surface area (Å²) in [5, 5.41) is 21.1. The Morgan fingerprint density at radius 1 is 0.808 bits per heavy atom. The van der Waals surface area contributed by atoms with E-state index < -0.39 is 59.2 Å². The number of allylic oxidation sites excluding steroid dienone is 1. The molecule has 290 valence electrons. The molecule has 17 atom stereocenters. The molecule has 2 N–H and O–H groups in total. The molecule has 0 amide bonds. The topological polar surface area (TPSA) is 180 Å². The molecule has 12 heteroatoms. The molecule has 52 heavy (non-hydrogen) atoms. The van der Waals surface area contributed by atoms with Crippen molar-refractivity contribution in [2.45, 2.75) is 138 Å². The van der Waals surface area contributed by atoms with Crippen LogP contribution < -0.4 is 0 Å². The minimum atomic E-state index is -1.02.